The molecular formula is C17H21NO4S. The van der Waals surface area contributed by atoms with Crippen LogP contribution in [0.1, 0.15) is 44.7 Å². The molecule has 1 amide bonds. The third kappa shape index (κ3) is 5.95. The van der Waals surface area contributed by atoms with Crippen LogP contribution in [0.15, 0.2) is 10.8 Å². The third-order valence-electron chi connectivity index (χ3n) is 3.14. The summed E-state index contributed by atoms with van der Waals surface area (Å²) in [6.07, 6.45) is 1.74. The normalized spacial score (nSPS) is 15.3. The summed E-state index contributed by atoms with van der Waals surface area (Å²) in [5.74, 6) is 5.68. The topological polar surface area (TPSA) is 75.6 Å². The molecular weight excluding hydrogens is 314 g/mol. The van der Waals surface area contributed by atoms with Crippen molar-refractivity contribution in [2.45, 2.75) is 51.7 Å². The number of ether oxygens (including phenoxy) is 1. The zero-order valence-electron chi connectivity index (χ0n) is 13.5. The standard InChI is InChI=1S/C17H21NO4S/c1-17(2,3)22-16(21)18-14(15(19)20)8-13-10-23-9-12(13)7-6-11-4-5-11/h9-11,14H,4-5,8H2,1-3H3,(H,18,21)(H,19,20). The van der Waals surface area contributed by atoms with Crippen LogP contribution in [0.2, 0.25) is 0 Å². The summed E-state index contributed by atoms with van der Waals surface area (Å²) in [4.78, 5) is 23.2. The minimum Gasteiger partial charge on any atom is -0.480 e. The largest absolute Gasteiger partial charge is 0.480 e. The Balaban J connectivity index is 2.02. The number of hydrogen-bond donors (Lipinski definition) is 2. The van der Waals surface area contributed by atoms with Crippen LogP contribution in [0, 0.1) is 17.8 Å². The second kappa shape index (κ2) is 7.05. The van der Waals surface area contributed by atoms with Crippen LogP contribution >= 0.6 is 11.3 Å². The van der Waals surface area contributed by atoms with Crippen molar-refractivity contribution < 1.29 is 19.4 Å². The van der Waals surface area contributed by atoms with Crippen molar-refractivity contribution in [1.29, 1.82) is 0 Å². The molecule has 1 atom stereocenters. The van der Waals surface area contributed by atoms with E-state index >= 15 is 0 Å². The lowest BCUT2D eigenvalue weighted by molar-refractivity contribution is -0.139. The predicted molar refractivity (Wildman–Crippen MR) is 88.4 cm³/mol. The van der Waals surface area contributed by atoms with Crippen molar-refractivity contribution in [3.8, 4) is 11.8 Å². The van der Waals surface area contributed by atoms with Gasteiger partial charge in [-0.15, -0.1) is 0 Å². The lowest BCUT2D eigenvalue weighted by Gasteiger charge is -2.22. The Kier molecular flexibility index (Phi) is 5.32. The summed E-state index contributed by atoms with van der Waals surface area (Å²) in [6.45, 7) is 5.19. The summed E-state index contributed by atoms with van der Waals surface area (Å²) in [6, 6.07) is -1.04. The Morgan fingerprint density at radius 1 is 1.43 bits per heavy atom. The maximum atomic E-state index is 11.8. The highest BCUT2D eigenvalue weighted by atomic mass is 32.1. The Bertz CT molecular complexity index is 644. The molecule has 6 heteroatoms. The number of carboxylic acid groups (broad SMARTS) is 1. The number of aliphatic carboxylic acids is 1. The maximum absolute atomic E-state index is 11.8. The highest BCUT2D eigenvalue weighted by molar-refractivity contribution is 7.08. The molecule has 23 heavy (non-hydrogen) atoms. The quantitative estimate of drug-likeness (QED) is 0.829. The molecule has 1 heterocycles. The molecule has 5 nitrogen and oxygen atoms in total. The van der Waals surface area contributed by atoms with Gasteiger partial charge < -0.3 is 15.2 Å². The summed E-state index contributed by atoms with van der Waals surface area (Å²) >= 11 is 1.48. The Morgan fingerprint density at radius 3 is 2.70 bits per heavy atom. The average Bonchev–Trinajstić information content (AvgIpc) is 3.13. The van der Waals surface area contributed by atoms with Crippen molar-refractivity contribution in [1.82, 2.24) is 5.32 Å². The van der Waals surface area contributed by atoms with Gasteiger partial charge in [0.2, 0.25) is 0 Å². The second-order valence-corrected chi connectivity index (χ2v) is 7.34. The van der Waals surface area contributed by atoms with Crippen molar-refractivity contribution in [2.24, 2.45) is 5.92 Å². The first-order valence-corrected chi connectivity index (χ1v) is 8.48. The number of carboxylic acids is 1. The molecule has 2 rings (SSSR count). The van der Waals surface area contributed by atoms with Gasteiger partial charge in [0.25, 0.3) is 0 Å². The van der Waals surface area contributed by atoms with Gasteiger partial charge in [0.15, 0.2) is 0 Å². The van der Waals surface area contributed by atoms with Crippen molar-refractivity contribution in [3.05, 3.63) is 21.9 Å². The number of carbonyl (C=O) groups excluding carboxylic acids is 1. The number of nitrogens with one attached hydrogen (secondary N) is 1. The Labute approximate surface area is 140 Å². The van der Waals surface area contributed by atoms with E-state index in [-0.39, 0.29) is 6.42 Å². The number of carbonyl (C=O) groups is 2. The van der Waals surface area contributed by atoms with Gasteiger partial charge in [0.05, 0.1) is 0 Å². The van der Waals surface area contributed by atoms with E-state index in [9.17, 15) is 14.7 Å². The molecule has 1 fully saturated rings. The third-order valence-corrected chi connectivity index (χ3v) is 3.94. The fourth-order valence-electron chi connectivity index (χ4n) is 1.87. The first-order valence-electron chi connectivity index (χ1n) is 7.53. The number of alkyl carbamates (subject to hydrolysis) is 1. The summed E-state index contributed by atoms with van der Waals surface area (Å²) < 4.78 is 5.12. The van der Waals surface area contributed by atoms with Gasteiger partial charge in [-0.3, -0.25) is 0 Å². The fraction of sp³-hybridized carbons (Fsp3) is 0.529. The smallest absolute Gasteiger partial charge is 0.408 e. The van der Waals surface area contributed by atoms with E-state index in [1.807, 2.05) is 10.8 Å². The average molecular weight is 335 g/mol. The molecule has 1 aromatic heterocycles. The summed E-state index contributed by atoms with van der Waals surface area (Å²) in [5.41, 5.74) is 1.02. The minimum atomic E-state index is -1.09. The van der Waals surface area contributed by atoms with Crippen molar-refractivity contribution >= 4 is 23.4 Å². The molecule has 0 bridgehead atoms. The van der Waals surface area contributed by atoms with Gasteiger partial charge >= 0.3 is 12.1 Å². The van der Waals surface area contributed by atoms with E-state index in [4.69, 9.17) is 4.74 Å². The Hall–Kier alpha value is -2.00. The lowest BCUT2D eigenvalue weighted by Crippen LogP contribution is -2.44. The lowest BCUT2D eigenvalue weighted by atomic mass is 10.1. The van der Waals surface area contributed by atoms with E-state index in [0.29, 0.717) is 5.92 Å². The molecule has 1 aliphatic carbocycles. The molecule has 1 unspecified atom stereocenters. The van der Waals surface area contributed by atoms with Crippen LogP contribution in [-0.2, 0) is 16.0 Å². The predicted octanol–water partition coefficient (Wildman–Crippen LogP) is 3.03. The highest BCUT2D eigenvalue weighted by Crippen LogP contribution is 2.28. The summed E-state index contributed by atoms with van der Waals surface area (Å²) in [5, 5.41) is 15.5. The van der Waals surface area contributed by atoms with E-state index < -0.39 is 23.7 Å². The van der Waals surface area contributed by atoms with Crippen LogP contribution < -0.4 is 5.32 Å². The SMILES string of the molecule is CC(C)(C)OC(=O)NC(Cc1cscc1C#CC1CC1)C(=O)O. The molecule has 1 aliphatic rings. The second-order valence-electron chi connectivity index (χ2n) is 6.60. The number of rotatable bonds is 4. The molecule has 1 saturated carbocycles. The zero-order chi connectivity index (χ0) is 17.0. The van der Waals surface area contributed by atoms with E-state index in [1.165, 1.54) is 11.3 Å². The zero-order valence-corrected chi connectivity index (χ0v) is 14.3. The first kappa shape index (κ1) is 17.4. The van der Waals surface area contributed by atoms with Crippen molar-refractivity contribution in [3.63, 3.8) is 0 Å². The fourth-order valence-corrected chi connectivity index (χ4v) is 2.67. The van der Waals surface area contributed by atoms with Gasteiger partial charge in [-0.05, 0) is 44.6 Å². The highest BCUT2D eigenvalue weighted by Gasteiger charge is 2.25. The maximum Gasteiger partial charge on any atom is 0.408 e. The molecule has 2 N–H and O–H groups in total. The van der Waals surface area contributed by atoms with Gasteiger partial charge in [-0.1, -0.05) is 11.8 Å². The molecule has 0 spiro atoms. The minimum absolute atomic E-state index is 0.187. The van der Waals surface area contributed by atoms with E-state index in [2.05, 4.69) is 17.2 Å². The van der Waals surface area contributed by atoms with Gasteiger partial charge in [-0.2, -0.15) is 11.3 Å². The number of hydrogen-bond acceptors (Lipinski definition) is 4. The van der Waals surface area contributed by atoms with Crippen LogP contribution in [0.5, 0.6) is 0 Å². The monoisotopic (exact) mass is 335 g/mol. The molecule has 124 valence electrons. The molecule has 0 radical (unpaired) electrons. The summed E-state index contributed by atoms with van der Waals surface area (Å²) in [7, 11) is 0. The number of thiophene rings is 1. The van der Waals surface area contributed by atoms with E-state index in [1.54, 1.807) is 20.8 Å². The van der Waals surface area contributed by atoms with E-state index in [0.717, 1.165) is 24.0 Å². The van der Waals surface area contributed by atoms with Gasteiger partial charge in [0.1, 0.15) is 11.6 Å². The van der Waals surface area contributed by atoms with Crippen LogP contribution in [0.3, 0.4) is 0 Å². The molecule has 1 aromatic rings. The van der Waals surface area contributed by atoms with Crippen LogP contribution in [-0.4, -0.2) is 28.8 Å². The Morgan fingerprint density at radius 2 is 2.13 bits per heavy atom. The van der Waals surface area contributed by atoms with Crippen LogP contribution in [0.4, 0.5) is 4.79 Å². The molecule has 0 aliphatic heterocycles. The molecule has 0 saturated heterocycles. The van der Waals surface area contributed by atoms with Gasteiger partial charge in [-0.25, -0.2) is 9.59 Å². The first-order chi connectivity index (χ1) is 10.7. The number of amides is 1. The van der Waals surface area contributed by atoms with Crippen LogP contribution in [0.25, 0.3) is 0 Å². The van der Waals surface area contributed by atoms with Crippen molar-refractivity contribution in [2.75, 3.05) is 0 Å². The molecule has 0 aromatic carbocycles. The van der Waals surface area contributed by atoms with Gasteiger partial charge in [0, 0.05) is 23.3 Å².